The van der Waals surface area contributed by atoms with Crippen molar-refractivity contribution in [3.05, 3.63) is 29.8 Å². The van der Waals surface area contributed by atoms with Gasteiger partial charge in [0.25, 0.3) is 0 Å². The Balaban J connectivity index is 2.05. The SMILES string of the molecule is CC1CN(C)CCCN1Cc1ccccc1O. The van der Waals surface area contributed by atoms with Gasteiger partial charge in [-0.2, -0.15) is 0 Å². The molecule has 0 bridgehead atoms. The maximum absolute atomic E-state index is 9.81. The predicted molar refractivity (Wildman–Crippen MR) is 70.1 cm³/mol. The number of hydrogen-bond donors (Lipinski definition) is 1. The van der Waals surface area contributed by atoms with Crippen LogP contribution in [0.2, 0.25) is 0 Å². The molecule has 1 N–H and O–H groups in total. The number of benzene rings is 1. The van der Waals surface area contributed by atoms with E-state index in [0.29, 0.717) is 11.8 Å². The molecule has 0 radical (unpaired) electrons. The third kappa shape index (κ3) is 3.20. The first-order chi connectivity index (χ1) is 8.16. The van der Waals surface area contributed by atoms with Gasteiger partial charge in [0.2, 0.25) is 0 Å². The molecule has 0 aromatic heterocycles. The van der Waals surface area contributed by atoms with E-state index >= 15 is 0 Å². The van der Waals surface area contributed by atoms with Crippen molar-refractivity contribution in [2.24, 2.45) is 0 Å². The van der Waals surface area contributed by atoms with Crippen LogP contribution in [0.1, 0.15) is 18.9 Å². The van der Waals surface area contributed by atoms with Crippen LogP contribution < -0.4 is 0 Å². The molecule has 2 rings (SSSR count). The van der Waals surface area contributed by atoms with E-state index in [0.717, 1.165) is 25.2 Å². The Morgan fingerprint density at radius 3 is 2.82 bits per heavy atom. The summed E-state index contributed by atoms with van der Waals surface area (Å²) in [5.74, 6) is 0.414. The van der Waals surface area contributed by atoms with Gasteiger partial charge in [-0.05, 0) is 33.0 Å². The molecule has 1 aromatic rings. The molecule has 17 heavy (non-hydrogen) atoms. The summed E-state index contributed by atoms with van der Waals surface area (Å²) >= 11 is 0. The minimum absolute atomic E-state index is 0.414. The Bertz CT molecular complexity index is 367. The molecule has 0 amide bonds. The zero-order chi connectivity index (χ0) is 12.3. The number of para-hydroxylation sites is 1. The second-order valence-electron chi connectivity index (χ2n) is 5.06. The Labute approximate surface area is 104 Å². The van der Waals surface area contributed by atoms with Crippen LogP contribution in [0.5, 0.6) is 5.75 Å². The number of phenols is 1. The summed E-state index contributed by atoms with van der Waals surface area (Å²) in [6.45, 7) is 6.50. The quantitative estimate of drug-likeness (QED) is 0.847. The second kappa shape index (κ2) is 5.52. The van der Waals surface area contributed by atoms with Gasteiger partial charge >= 0.3 is 0 Å². The van der Waals surface area contributed by atoms with Gasteiger partial charge in [-0.25, -0.2) is 0 Å². The third-order valence-corrected chi connectivity index (χ3v) is 3.55. The molecule has 1 aromatic carbocycles. The van der Waals surface area contributed by atoms with Crippen LogP contribution in [0.4, 0.5) is 0 Å². The van der Waals surface area contributed by atoms with Crippen LogP contribution in [0.25, 0.3) is 0 Å². The molecule has 1 fully saturated rings. The van der Waals surface area contributed by atoms with Crippen LogP contribution in [0, 0.1) is 0 Å². The molecular weight excluding hydrogens is 212 g/mol. The number of rotatable bonds is 2. The van der Waals surface area contributed by atoms with Crippen LogP contribution in [-0.4, -0.2) is 47.6 Å². The monoisotopic (exact) mass is 234 g/mol. The molecule has 1 atom stereocenters. The summed E-state index contributed by atoms with van der Waals surface area (Å²) < 4.78 is 0. The number of phenolic OH excluding ortho intramolecular Hbond substituents is 1. The zero-order valence-electron chi connectivity index (χ0n) is 10.8. The summed E-state index contributed by atoms with van der Waals surface area (Å²) in [6, 6.07) is 8.19. The number of likely N-dealkylation sites (N-methyl/N-ethyl adjacent to an activating group) is 1. The van der Waals surface area contributed by atoms with E-state index in [-0.39, 0.29) is 0 Å². The van der Waals surface area contributed by atoms with E-state index < -0.39 is 0 Å². The first-order valence-corrected chi connectivity index (χ1v) is 6.36. The molecule has 1 saturated heterocycles. The van der Waals surface area contributed by atoms with Gasteiger partial charge in [-0.3, -0.25) is 4.90 Å². The van der Waals surface area contributed by atoms with Crippen LogP contribution in [0.15, 0.2) is 24.3 Å². The fourth-order valence-electron chi connectivity index (χ4n) is 2.52. The average Bonchev–Trinajstić information content (AvgIpc) is 2.44. The lowest BCUT2D eigenvalue weighted by Crippen LogP contribution is -2.37. The first-order valence-electron chi connectivity index (χ1n) is 6.36. The van der Waals surface area contributed by atoms with Crippen molar-refractivity contribution in [3.8, 4) is 5.75 Å². The van der Waals surface area contributed by atoms with E-state index in [9.17, 15) is 5.11 Å². The summed E-state index contributed by atoms with van der Waals surface area (Å²) in [6.07, 6.45) is 1.20. The van der Waals surface area contributed by atoms with E-state index in [1.165, 1.54) is 13.0 Å². The Morgan fingerprint density at radius 1 is 1.29 bits per heavy atom. The zero-order valence-corrected chi connectivity index (χ0v) is 10.8. The van der Waals surface area contributed by atoms with Crippen LogP contribution in [-0.2, 0) is 6.54 Å². The standard InChI is InChI=1S/C14H22N2O/c1-12-10-15(2)8-5-9-16(12)11-13-6-3-4-7-14(13)17/h3-4,6-7,12,17H,5,8-11H2,1-2H3. The number of aromatic hydroxyl groups is 1. The van der Waals surface area contributed by atoms with Crippen molar-refractivity contribution in [1.82, 2.24) is 9.80 Å². The molecule has 1 aliphatic heterocycles. The molecular formula is C14H22N2O. The van der Waals surface area contributed by atoms with Gasteiger partial charge in [0, 0.05) is 31.2 Å². The van der Waals surface area contributed by atoms with Crippen molar-refractivity contribution in [2.45, 2.75) is 25.9 Å². The Kier molecular flexibility index (Phi) is 4.02. The fourth-order valence-corrected chi connectivity index (χ4v) is 2.52. The Morgan fingerprint density at radius 2 is 2.06 bits per heavy atom. The van der Waals surface area contributed by atoms with Gasteiger partial charge in [-0.15, -0.1) is 0 Å². The lowest BCUT2D eigenvalue weighted by atomic mass is 10.1. The maximum Gasteiger partial charge on any atom is 0.120 e. The minimum Gasteiger partial charge on any atom is -0.508 e. The molecule has 1 aliphatic rings. The van der Waals surface area contributed by atoms with Crippen molar-refractivity contribution < 1.29 is 5.11 Å². The van der Waals surface area contributed by atoms with Gasteiger partial charge in [-0.1, -0.05) is 18.2 Å². The van der Waals surface area contributed by atoms with Crippen LogP contribution in [0.3, 0.4) is 0 Å². The second-order valence-corrected chi connectivity index (χ2v) is 5.06. The normalized spacial score (nSPS) is 23.5. The number of hydrogen-bond acceptors (Lipinski definition) is 3. The molecule has 94 valence electrons. The lowest BCUT2D eigenvalue weighted by Gasteiger charge is -2.28. The first kappa shape index (κ1) is 12.4. The fraction of sp³-hybridized carbons (Fsp3) is 0.571. The van der Waals surface area contributed by atoms with Crippen LogP contribution >= 0.6 is 0 Å². The molecule has 1 unspecified atom stereocenters. The molecule has 0 saturated carbocycles. The topological polar surface area (TPSA) is 26.7 Å². The molecule has 0 aliphatic carbocycles. The predicted octanol–water partition coefficient (Wildman–Crippen LogP) is 1.92. The van der Waals surface area contributed by atoms with Gasteiger partial charge in [0.1, 0.15) is 5.75 Å². The highest BCUT2D eigenvalue weighted by Crippen LogP contribution is 2.20. The number of nitrogens with zero attached hydrogens (tertiary/aromatic N) is 2. The third-order valence-electron chi connectivity index (χ3n) is 3.55. The van der Waals surface area contributed by atoms with Gasteiger partial charge in [0.15, 0.2) is 0 Å². The lowest BCUT2D eigenvalue weighted by molar-refractivity contribution is 0.193. The minimum atomic E-state index is 0.414. The average molecular weight is 234 g/mol. The van der Waals surface area contributed by atoms with Gasteiger partial charge < -0.3 is 10.0 Å². The molecule has 0 spiro atoms. The van der Waals surface area contributed by atoms with E-state index in [1.54, 1.807) is 6.07 Å². The summed E-state index contributed by atoms with van der Waals surface area (Å²) in [5.41, 5.74) is 1.03. The van der Waals surface area contributed by atoms with Crippen molar-refractivity contribution in [2.75, 3.05) is 26.7 Å². The van der Waals surface area contributed by atoms with Crippen molar-refractivity contribution >= 4 is 0 Å². The summed E-state index contributed by atoms with van der Waals surface area (Å²) in [4.78, 5) is 4.84. The highest BCUT2D eigenvalue weighted by Gasteiger charge is 2.20. The van der Waals surface area contributed by atoms with E-state index in [1.807, 2.05) is 18.2 Å². The van der Waals surface area contributed by atoms with E-state index in [4.69, 9.17) is 0 Å². The Hall–Kier alpha value is -1.06. The smallest absolute Gasteiger partial charge is 0.120 e. The highest BCUT2D eigenvalue weighted by molar-refractivity contribution is 5.31. The molecule has 3 heteroatoms. The van der Waals surface area contributed by atoms with Crippen molar-refractivity contribution in [1.29, 1.82) is 0 Å². The van der Waals surface area contributed by atoms with Crippen molar-refractivity contribution in [3.63, 3.8) is 0 Å². The highest BCUT2D eigenvalue weighted by atomic mass is 16.3. The maximum atomic E-state index is 9.81. The largest absolute Gasteiger partial charge is 0.508 e. The summed E-state index contributed by atoms with van der Waals surface area (Å²) in [7, 11) is 2.18. The van der Waals surface area contributed by atoms with Gasteiger partial charge in [0.05, 0.1) is 0 Å². The summed E-state index contributed by atoms with van der Waals surface area (Å²) in [5, 5.41) is 9.81. The van der Waals surface area contributed by atoms with E-state index in [2.05, 4.69) is 23.8 Å². The molecule has 1 heterocycles. The molecule has 3 nitrogen and oxygen atoms in total.